The van der Waals surface area contributed by atoms with Crippen LogP contribution >= 0.6 is 0 Å². The van der Waals surface area contributed by atoms with E-state index >= 15 is 0 Å². The van der Waals surface area contributed by atoms with Gasteiger partial charge in [-0.25, -0.2) is 9.07 Å². The first kappa shape index (κ1) is 10.2. The fourth-order valence-electron chi connectivity index (χ4n) is 1.89. The van der Waals surface area contributed by atoms with Crippen molar-refractivity contribution in [2.45, 2.75) is 6.61 Å². The Morgan fingerprint density at radius 3 is 2.94 bits per heavy atom. The number of hydrogen-bond acceptors (Lipinski definition) is 3. The summed E-state index contributed by atoms with van der Waals surface area (Å²) in [7, 11) is 0. The number of ketones is 1. The maximum absolute atomic E-state index is 13.6. The number of ether oxygens (including phenoxy) is 1. The van der Waals surface area contributed by atoms with Crippen molar-refractivity contribution >= 4 is 5.78 Å². The Balaban J connectivity index is 2.17. The quantitative estimate of drug-likeness (QED) is 0.752. The number of aromatic nitrogens is 2. The van der Waals surface area contributed by atoms with E-state index in [4.69, 9.17) is 4.74 Å². The average Bonchev–Trinajstić information content (AvgIpc) is 2.75. The van der Waals surface area contributed by atoms with Crippen LogP contribution < -0.4 is 0 Å². The van der Waals surface area contributed by atoms with E-state index in [0.29, 0.717) is 16.9 Å². The van der Waals surface area contributed by atoms with Gasteiger partial charge in [0.2, 0.25) is 0 Å². The molecule has 0 N–H and O–H groups in total. The average molecular weight is 232 g/mol. The van der Waals surface area contributed by atoms with Gasteiger partial charge >= 0.3 is 0 Å². The minimum Gasteiger partial charge on any atom is -0.367 e. The van der Waals surface area contributed by atoms with Crippen LogP contribution in [0.2, 0.25) is 0 Å². The highest BCUT2D eigenvalue weighted by Gasteiger charge is 2.23. The first-order chi connectivity index (χ1) is 8.27. The predicted octanol–water partition coefficient (Wildman–Crippen LogP) is 1.72. The summed E-state index contributed by atoms with van der Waals surface area (Å²) in [5, 5.41) is 4.06. The second kappa shape index (κ2) is 3.78. The Kier molecular flexibility index (Phi) is 2.26. The zero-order chi connectivity index (χ0) is 11.8. The van der Waals surface area contributed by atoms with Gasteiger partial charge in [-0.3, -0.25) is 4.79 Å². The van der Waals surface area contributed by atoms with Crippen LogP contribution in [0.1, 0.15) is 16.1 Å². The molecule has 1 aliphatic rings. The van der Waals surface area contributed by atoms with Crippen LogP contribution in [0.5, 0.6) is 0 Å². The molecule has 1 aromatic heterocycles. The van der Waals surface area contributed by atoms with Crippen LogP contribution in [-0.2, 0) is 11.3 Å². The number of nitrogens with zero attached hydrogens (tertiary/aromatic N) is 2. The third-order valence-corrected chi connectivity index (χ3v) is 2.72. The summed E-state index contributed by atoms with van der Waals surface area (Å²) < 4.78 is 20.2. The molecule has 0 radical (unpaired) electrons. The van der Waals surface area contributed by atoms with E-state index in [-0.39, 0.29) is 24.8 Å². The second-order valence-electron chi connectivity index (χ2n) is 3.78. The number of Topliss-reactive ketones (excluding diaryl/α,β-unsaturated/α-hetero) is 1. The van der Waals surface area contributed by atoms with Crippen LogP contribution in [0.15, 0.2) is 30.5 Å². The maximum atomic E-state index is 13.6. The summed E-state index contributed by atoms with van der Waals surface area (Å²) in [6.45, 7) is 0.339. The standard InChI is InChI=1S/C12H9FN2O2/c13-9-3-1-2-4-10(9)15-11-6-17-7-12(16)8(11)5-14-15/h1-5H,6-7H2. The molecular weight excluding hydrogens is 223 g/mol. The van der Waals surface area contributed by atoms with E-state index in [1.165, 1.54) is 16.9 Å². The summed E-state index contributed by atoms with van der Waals surface area (Å²) >= 11 is 0. The number of fused-ring (bicyclic) bond motifs is 1. The van der Waals surface area contributed by atoms with Crippen LogP contribution in [0.25, 0.3) is 5.69 Å². The number of carbonyl (C=O) groups excluding carboxylic acids is 1. The Morgan fingerprint density at radius 1 is 1.29 bits per heavy atom. The van der Waals surface area contributed by atoms with Crippen molar-refractivity contribution in [2.24, 2.45) is 0 Å². The first-order valence-corrected chi connectivity index (χ1v) is 5.20. The Bertz CT molecular complexity index is 592. The van der Waals surface area contributed by atoms with Crippen molar-refractivity contribution in [3.05, 3.63) is 47.5 Å². The van der Waals surface area contributed by atoms with Crippen molar-refractivity contribution in [3.8, 4) is 5.69 Å². The van der Waals surface area contributed by atoms with E-state index in [1.807, 2.05) is 0 Å². The number of para-hydroxylation sites is 1. The zero-order valence-electron chi connectivity index (χ0n) is 8.89. The Morgan fingerprint density at radius 2 is 2.12 bits per heavy atom. The summed E-state index contributed by atoms with van der Waals surface area (Å²) in [4.78, 5) is 11.5. The molecule has 1 aromatic carbocycles. The predicted molar refractivity (Wildman–Crippen MR) is 57.5 cm³/mol. The molecule has 0 amide bonds. The molecular formula is C12H9FN2O2. The molecule has 0 aliphatic carbocycles. The Labute approximate surface area is 96.6 Å². The van der Waals surface area contributed by atoms with Gasteiger partial charge in [-0.2, -0.15) is 5.10 Å². The van der Waals surface area contributed by atoms with Gasteiger partial charge in [-0.05, 0) is 12.1 Å². The molecule has 3 rings (SSSR count). The highest BCUT2D eigenvalue weighted by Crippen LogP contribution is 2.21. The zero-order valence-corrected chi connectivity index (χ0v) is 8.89. The van der Waals surface area contributed by atoms with Crippen LogP contribution in [0.4, 0.5) is 4.39 Å². The number of benzene rings is 1. The normalized spacial score (nSPS) is 14.8. The number of hydrogen-bond donors (Lipinski definition) is 0. The molecule has 2 heterocycles. The monoisotopic (exact) mass is 232 g/mol. The lowest BCUT2D eigenvalue weighted by atomic mass is 10.1. The first-order valence-electron chi connectivity index (χ1n) is 5.20. The van der Waals surface area contributed by atoms with Crippen LogP contribution in [-0.4, -0.2) is 22.2 Å². The van der Waals surface area contributed by atoms with Gasteiger partial charge in [-0.1, -0.05) is 12.1 Å². The fourth-order valence-corrected chi connectivity index (χ4v) is 1.89. The summed E-state index contributed by atoms with van der Waals surface area (Å²) in [5.41, 5.74) is 1.44. The summed E-state index contributed by atoms with van der Waals surface area (Å²) in [6.07, 6.45) is 1.46. The second-order valence-corrected chi connectivity index (χ2v) is 3.78. The molecule has 0 atom stereocenters. The lowest BCUT2D eigenvalue weighted by Crippen LogP contribution is -2.19. The topological polar surface area (TPSA) is 44.1 Å². The molecule has 5 heteroatoms. The molecule has 0 saturated carbocycles. The largest absolute Gasteiger partial charge is 0.367 e. The molecule has 2 aromatic rings. The van der Waals surface area contributed by atoms with Crippen LogP contribution in [0, 0.1) is 5.82 Å². The molecule has 0 bridgehead atoms. The molecule has 0 fully saturated rings. The molecule has 0 saturated heterocycles. The number of halogens is 1. The van der Waals surface area contributed by atoms with Gasteiger partial charge < -0.3 is 4.74 Å². The Hall–Kier alpha value is -2.01. The van der Waals surface area contributed by atoms with Crippen molar-refractivity contribution in [1.82, 2.24) is 9.78 Å². The van der Waals surface area contributed by atoms with E-state index in [9.17, 15) is 9.18 Å². The third kappa shape index (κ3) is 1.55. The van der Waals surface area contributed by atoms with Gasteiger partial charge in [0.15, 0.2) is 5.78 Å². The minimum atomic E-state index is -0.378. The highest BCUT2D eigenvalue weighted by atomic mass is 19.1. The van der Waals surface area contributed by atoms with Gasteiger partial charge in [0.25, 0.3) is 0 Å². The van der Waals surface area contributed by atoms with E-state index in [0.717, 1.165) is 0 Å². The molecule has 1 aliphatic heterocycles. The molecule has 0 spiro atoms. The summed E-state index contributed by atoms with van der Waals surface area (Å²) in [6, 6.07) is 6.30. The number of rotatable bonds is 1. The van der Waals surface area contributed by atoms with E-state index in [1.54, 1.807) is 18.2 Å². The molecule has 17 heavy (non-hydrogen) atoms. The van der Waals surface area contributed by atoms with Crippen molar-refractivity contribution in [3.63, 3.8) is 0 Å². The minimum absolute atomic E-state index is 0.0654. The van der Waals surface area contributed by atoms with Crippen LogP contribution in [0.3, 0.4) is 0 Å². The summed E-state index contributed by atoms with van der Waals surface area (Å²) in [5.74, 6) is -0.495. The lowest BCUT2D eigenvalue weighted by molar-refractivity contribution is 0.0653. The van der Waals surface area contributed by atoms with Crippen molar-refractivity contribution in [1.29, 1.82) is 0 Å². The number of carbonyl (C=O) groups is 1. The highest BCUT2D eigenvalue weighted by molar-refractivity contribution is 5.98. The van der Waals surface area contributed by atoms with Crippen molar-refractivity contribution < 1.29 is 13.9 Å². The fraction of sp³-hybridized carbons (Fsp3) is 0.167. The van der Waals surface area contributed by atoms with Gasteiger partial charge in [-0.15, -0.1) is 0 Å². The molecule has 0 unspecified atom stereocenters. The smallest absolute Gasteiger partial charge is 0.192 e. The SMILES string of the molecule is O=C1COCc2c1cnn2-c1ccccc1F. The molecule has 4 nitrogen and oxygen atoms in total. The van der Waals surface area contributed by atoms with Gasteiger partial charge in [0.05, 0.1) is 24.1 Å². The van der Waals surface area contributed by atoms with Crippen molar-refractivity contribution in [2.75, 3.05) is 6.61 Å². The van der Waals surface area contributed by atoms with E-state index < -0.39 is 0 Å². The molecule has 86 valence electrons. The lowest BCUT2D eigenvalue weighted by Gasteiger charge is -2.14. The van der Waals surface area contributed by atoms with E-state index in [2.05, 4.69) is 5.10 Å². The third-order valence-electron chi connectivity index (χ3n) is 2.72. The van der Waals surface area contributed by atoms with Gasteiger partial charge in [0, 0.05) is 0 Å². The maximum Gasteiger partial charge on any atom is 0.192 e. The van der Waals surface area contributed by atoms with Gasteiger partial charge in [0.1, 0.15) is 18.1 Å².